The average Bonchev–Trinajstić information content (AvgIpc) is 2.83. The summed E-state index contributed by atoms with van der Waals surface area (Å²) in [5.41, 5.74) is 7.28. The summed E-state index contributed by atoms with van der Waals surface area (Å²) in [7, 11) is 0. The third kappa shape index (κ3) is 4.76. The van der Waals surface area contributed by atoms with Crippen LogP contribution >= 0.6 is 0 Å². The molecule has 0 bridgehead atoms. The molecule has 0 saturated carbocycles. The molecule has 4 aromatic rings. The quantitative estimate of drug-likeness (QED) is 0.319. The van der Waals surface area contributed by atoms with Gasteiger partial charge < -0.3 is 0 Å². The van der Waals surface area contributed by atoms with Gasteiger partial charge in [0.1, 0.15) is 0 Å². The Hall–Kier alpha value is -3.78. The van der Waals surface area contributed by atoms with Crippen LogP contribution in [0.15, 0.2) is 97.1 Å². The highest BCUT2D eigenvalue weighted by Crippen LogP contribution is 2.17. The van der Waals surface area contributed by atoms with Crippen molar-refractivity contribution < 1.29 is 9.59 Å². The van der Waals surface area contributed by atoms with Gasteiger partial charge >= 0.3 is 0 Å². The topological polar surface area (TPSA) is 34.1 Å². The van der Waals surface area contributed by atoms with Crippen LogP contribution in [-0.2, 0) is 12.8 Å². The third-order valence-electron chi connectivity index (χ3n) is 5.91. The van der Waals surface area contributed by atoms with Crippen LogP contribution in [0.1, 0.15) is 54.1 Å². The molecular weight excluding hydrogens is 392 g/mol. The van der Waals surface area contributed by atoms with Crippen LogP contribution in [0.25, 0.3) is 0 Å². The van der Waals surface area contributed by atoms with E-state index >= 15 is 0 Å². The molecule has 4 rings (SSSR count). The summed E-state index contributed by atoms with van der Waals surface area (Å²) in [4.78, 5) is 25.5. The predicted molar refractivity (Wildman–Crippen MR) is 130 cm³/mol. The Balaban J connectivity index is 1.39. The number of rotatable bonds is 7. The highest BCUT2D eigenvalue weighted by atomic mass is 16.1. The smallest absolute Gasteiger partial charge is 0.193 e. The number of hydrogen-bond donors (Lipinski definition) is 0. The van der Waals surface area contributed by atoms with Gasteiger partial charge in [-0.25, -0.2) is 0 Å². The summed E-state index contributed by atoms with van der Waals surface area (Å²) < 4.78 is 0. The number of benzene rings is 4. The van der Waals surface area contributed by atoms with Gasteiger partial charge in [0.05, 0.1) is 0 Å². The van der Waals surface area contributed by atoms with Crippen LogP contribution in [0.5, 0.6) is 0 Å². The lowest BCUT2D eigenvalue weighted by Gasteiger charge is -2.08. The first-order valence-corrected chi connectivity index (χ1v) is 10.9. The zero-order chi connectivity index (χ0) is 22.5. The van der Waals surface area contributed by atoms with Crippen molar-refractivity contribution in [2.24, 2.45) is 0 Å². The van der Waals surface area contributed by atoms with E-state index in [4.69, 9.17) is 0 Å². The molecule has 0 aliphatic carbocycles. The fourth-order valence-electron chi connectivity index (χ4n) is 3.90. The molecule has 0 heterocycles. The first-order valence-electron chi connectivity index (χ1n) is 10.9. The van der Waals surface area contributed by atoms with E-state index < -0.39 is 0 Å². The Morgan fingerprint density at radius 1 is 0.500 bits per heavy atom. The minimum Gasteiger partial charge on any atom is -0.289 e. The lowest BCUT2D eigenvalue weighted by atomic mass is 9.96. The molecule has 0 radical (unpaired) electrons. The summed E-state index contributed by atoms with van der Waals surface area (Å²) in [6, 6.07) is 31.1. The summed E-state index contributed by atoms with van der Waals surface area (Å²) in [5, 5.41) is 0. The summed E-state index contributed by atoms with van der Waals surface area (Å²) in [6.45, 7) is 3.92. The maximum absolute atomic E-state index is 12.7. The van der Waals surface area contributed by atoms with Crippen molar-refractivity contribution in [3.8, 4) is 0 Å². The highest BCUT2D eigenvalue weighted by Gasteiger charge is 2.12. The molecule has 0 saturated heterocycles. The molecule has 2 heteroatoms. The SMILES string of the molecule is Cc1ccccc1C(=O)c1ccc(CCc2ccc(C(=O)c3ccccc3C)cc2)cc1. The molecule has 0 N–H and O–H groups in total. The third-order valence-corrected chi connectivity index (χ3v) is 5.91. The molecule has 4 aromatic carbocycles. The van der Waals surface area contributed by atoms with Crippen molar-refractivity contribution in [2.45, 2.75) is 26.7 Å². The molecule has 2 nitrogen and oxygen atoms in total. The average molecular weight is 419 g/mol. The van der Waals surface area contributed by atoms with Gasteiger partial charge in [-0.1, -0.05) is 97.1 Å². The predicted octanol–water partition coefficient (Wildman–Crippen LogP) is 6.55. The molecule has 0 aliphatic rings. The summed E-state index contributed by atoms with van der Waals surface area (Å²) in [5.74, 6) is 0.118. The maximum atomic E-state index is 12.7. The van der Waals surface area contributed by atoms with E-state index in [1.807, 2.05) is 111 Å². The van der Waals surface area contributed by atoms with Crippen LogP contribution in [0.2, 0.25) is 0 Å². The van der Waals surface area contributed by atoms with Gasteiger partial charge in [0.25, 0.3) is 0 Å². The van der Waals surface area contributed by atoms with E-state index in [1.54, 1.807) is 0 Å². The fraction of sp³-hybridized carbons (Fsp3) is 0.133. The zero-order valence-corrected chi connectivity index (χ0v) is 18.5. The van der Waals surface area contributed by atoms with E-state index in [9.17, 15) is 9.59 Å². The lowest BCUT2D eigenvalue weighted by Crippen LogP contribution is -2.04. The second kappa shape index (κ2) is 9.57. The van der Waals surface area contributed by atoms with Crippen LogP contribution in [0.4, 0.5) is 0 Å². The number of aryl methyl sites for hydroxylation is 4. The van der Waals surface area contributed by atoms with Crippen molar-refractivity contribution in [1.29, 1.82) is 0 Å². The standard InChI is InChI=1S/C30H26O2/c1-21-7-3-5-9-27(21)29(31)25-17-13-23(14-18-25)11-12-24-15-19-26(20-16-24)30(32)28-10-6-4-8-22(28)2/h3-10,13-20H,11-12H2,1-2H3. The minimum absolute atomic E-state index is 0.0589. The second-order valence-electron chi connectivity index (χ2n) is 8.18. The molecular formula is C30H26O2. The van der Waals surface area contributed by atoms with E-state index in [-0.39, 0.29) is 11.6 Å². The normalized spacial score (nSPS) is 10.7. The van der Waals surface area contributed by atoms with Crippen LogP contribution in [0.3, 0.4) is 0 Å². The van der Waals surface area contributed by atoms with Gasteiger partial charge in [-0.05, 0) is 48.9 Å². The molecule has 0 aliphatic heterocycles. The molecule has 0 unspecified atom stereocenters. The van der Waals surface area contributed by atoms with Crippen LogP contribution < -0.4 is 0 Å². The van der Waals surface area contributed by atoms with E-state index in [0.717, 1.165) is 35.1 Å². The molecule has 0 spiro atoms. The van der Waals surface area contributed by atoms with Crippen molar-refractivity contribution in [1.82, 2.24) is 0 Å². The monoisotopic (exact) mass is 418 g/mol. The highest BCUT2D eigenvalue weighted by molar-refractivity contribution is 6.10. The van der Waals surface area contributed by atoms with Crippen molar-refractivity contribution in [3.63, 3.8) is 0 Å². The molecule has 0 amide bonds. The van der Waals surface area contributed by atoms with Crippen molar-refractivity contribution in [2.75, 3.05) is 0 Å². The Labute approximate surface area is 189 Å². The Morgan fingerprint density at radius 2 is 0.844 bits per heavy atom. The zero-order valence-electron chi connectivity index (χ0n) is 18.5. The van der Waals surface area contributed by atoms with Gasteiger partial charge in [-0.3, -0.25) is 9.59 Å². The molecule has 0 fully saturated rings. The number of carbonyl (C=O) groups excluding carboxylic acids is 2. The van der Waals surface area contributed by atoms with E-state index in [0.29, 0.717) is 11.1 Å². The minimum atomic E-state index is 0.0589. The van der Waals surface area contributed by atoms with E-state index in [1.165, 1.54) is 11.1 Å². The molecule has 0 atom stereocenters. The first-order chi connectivity index (χ1) is 15.5. The Morgan fingerprint density at radius 3 is 1.19 bits per heavy atom. The number of hydrogen-bond acceptors (Lipinski definition) is 2. The van der Waals surface area contributed by atoms with E-state index in [2.05, 4.69) is 0 Å². The molecule has 32 heavy (non-hydrogen) atoms. The first kappa shape index (κ1) is 21.5. The van der Waals surface area contributed by atoms with Crippen LogP contribution in [-0.4, -0.2) is 11.6 Å². The summed E-state index contributed by atoms with van der Waals surface area (Å²) >= 11 is 0. The molecule has 0 aromatic heterocycles. The second-order valence-corrected chi connectivity index (χ2v) is 8.18. The Kier molecular flexibility index (Phi) is 6.42. The summed E-state index contributed by atoms with van der Waals surface area (Å²) in [6.07, 6.45) is 1.76. The van der Waals surface area contributed by atoms with Gasteiger partial charge in [0, 0.05) is 22.3 Å². The number of ketones is 2. The maximum Gasteiger partial charge on any atom is 0.193 e. The van der Waals surface area contributed by atoms with Crippen molar-refractivity contribution >= 4 is 11.6 Å². The fourth-order valence-corrected chi connectivity index (χ4v) is 3.90. The van der Waals surface area contributed by atoms with Gasteiger partial charge in [-0.15, -0.1) is 0 Å². The van der Waals surface area contributed by atoms with Crippen LogP contribution in [0, 0.1) is 13.8 Å². The van der Waals surface area contributed by atoms with Gasteiger partial charge in [-0.2, -0.15) is 0 Å². The lowest BCUT2D eigenvalue weighted by molar-refractivity contribution is 0.103. The number of carbonyl (C=O) groups is 2. The van der Waals surface area contributed by atoms with Crippen molar-refractivity contribution in [3.05, 3.63) is 142 Å². The molecule has 158 valence electrons. The van der Waals surface area contributed by atoms with Gasteiger partial charge in [0.2, 0.25) is 0 Å². The van der Waals surface area contributed by atoms with Gasteiger partial charge in [0.15, 0.2) is 11.6 Å². The Bertz CT molecular complexity index is 1150. The largest absolute Gasteiger partial charge is 0.289 e.